The lowest BCUT2D eigenvalue weighted by Gasteiger charge is -2.10. The van der Waals surface area contributed by atoms with Crippen LogP contribution in [0.2, 0.25) is 0 Å². The second-order valence-corrected chi connectivity index (χ2v) is 7.23. The average Bonchev–Trinajstić information content (AvgIpc) is 2.91. The monoisotopic (exact) mass is 346 g/mol. The second kappa shape index (κ2) is 6.26. The molecular formula is C17H18N2O4S. The van der Waals surface area contributed by atoms with Crippen LogP contribution in [0.15, 0.2) is 45.7 Å². The smallest absolute Gasteiger partial charge is 0.241 e. The van der Waals surface area contributed by atoms with Gasteiger partial charge in [0.05, 0.1) is 12.0 Å². The summed E-state index contributed by atoms with van der Waals surface area (Å²) in [6.07, 6.45) is 0. The molecule has 0 radical (unpaired) electrons. The van der Waals surface area contributed by atoms with Crippen molar-refractivity contribution in [1.29, 1.82) is 0 Å². The number of oxazole rings is 1. The summed E-state index contributed by atoms with van der Waals surface area (Å²) in [5.41, 5.74) is 2.83. The lowest BCUT2D eigenvalue weighted by molar-refractivity contribution is 0.414. The molecule has 1 N–H and O–H groups in total. The number of methoxy groups -OCH3 is 1. The zero-order valence-electron chi connectivity index (χ0n) is 13.7. The lowest BCUT2D eigenvalue weighted by Crippen LogP contribution is -2.24. The van der Waals surface area contributed by atoms with Gasteiger partial charge in [0.2, 0.25) is 10.0 Å². The number of ether oxygens (including phenoxy) is 1. The first-order valence-corrected chi connectivity index (χ1v) is 8.88. The number of rotatable bonds is 5. The Balaban J connectivity index is 1.81. The van der Waals surface area contributed by atoms with Crippen LogP contribution >= 0.6 is 0 Å². The summed E-state index contributed by atoms with van der Waals surface area (Å²) in [7, 11) is -2.07. The predicted octanol–water partition coefficient (Wildman–Crippen LogP) is 2.93. The Labute approximate surface area is 140 Å². The molecule has 0 aliphatic heterocycles. The summed E-state index contributed by atoms with van der Waals surface area (Å²) < 4.78 is 38.2. The van der Waals surface area contributed by atoms with Gasteiger partial charge in [0.1, 0.15) is 11.3 Å². The van der Waals surface area contributed by atoms with E-state index in [2.05, 4.69) is 9.71 Å². The van der Waals surface area contributed by atoms with Crippen LogP contribution in [0.4, 0.5) is 0 Å². The van der Waals surface area contributed by atoms with E-state index < -0.39 is 10.0 Å². The Morgan fingerprint density at radius 1 is 1.17 bits per heavy atom. The number of aryl methyl sites for hydroxylation is 2. The third-order valence-electron chi connectivity index (χ3n) is 3.70. The Kier molecular flexibility index (Phi) is 4.29. The summed E-state index contributed by atoms with van der Waals surface area (Å²) in [6.45, 7) is 3.68. The minimum atomic E-state index is -3.61. The number of aromatic nitrogens is 1. The Bertz CT molecular complexity index is 993. The molecule has 3 rings (SSSR count). The van der Waals surface area contributed by atoms with Gasteiger partial charge >= 0.3 is 0 Å². The van der Waals surface area contributed by atoms with Crippen LogP contribution in [0.3, 0.4) is 0 Å². The molecule has 1 aromatic heterocycles. The third-order valence-corrected chi connectivity index (χ3v) is 5.26. The molecule has 2 aromatic carbocycles. The molecule has 0 amide bonds. The highest BCUT2D eigenvalue weighted by Gasteiger charge is 2.17. The van der Waals surface area contributed by atoms with Crippen molar-refractivity contribution in [3.63, 3.8) is 0 Å². The first-order chi connectivity index (χ1) is 11.4. The van der Waals surface area contributed by atoms with Crippen LogP contribution in [0.25, 0.3) is 11.1 Å². The van der Waals surface area contributed by atoms with E-state index in [1.54, 1.807) is 45.2 Å². The maximum absolute atomic E-state index is 12.5. The largest absolute Gasteiger partial charge is 0.497 e. The standard InChI is InChI=1S/C17H18N2O4S/c1-11-8-14(22-3)5-7-17(11)24(20,21)18-10-13-4-6-15-16(9-13)23-12(2)19-15/h4-9,18H,10H2,1-3H3. The van der Waals surface area contributed by atoms with E-state index in [1.165, 1.54) is 0 Å². The van der Waals surface area contributed by atoms with Gasteiger partial charge in [-0.2, -0.15) is 0 Å². The SMILES string of the molecule is COc1ccc(S(=O)(=O)NCc2ccc3nc(C)oc3c2)c(C)c1. The van der Waals surface area contributed by atoms with Crippen molar-refractivity contribution in [2.45, 2.75) is 25.3 Å². The van der Waals surface area contributed by atoms with E-state index in [9.17, 15) is 8.42 Å². The van der Waals surface area contributed by atoms with Crippen LogP contribution in [0, 0.1) is 13.8 Å². The minimum absolute atomic E-state index is 0.170. The molecule has 0 spiro atoms. The quantitative estimate of drug-likeness (QED) is 0.768. The Morgan fingerprint density at radius 3 is 2.67 bits per heavy atom. The number of fused-ring (bicyclic) bond motifs is 1. The van der Waals surface area contributed by atoms with Crippen LogP contribution in [0.5, 0.6) is 5.75 Å². The third kappa shape index (κ3) is 3.27. The van der Waals surface area contributed by atoms with E-state index in [0.29, 0.717) is 22.8 Å². The van der Waals surface area contributed by atoms with Gasteiger partial charge in [-0.3, -0.25) is 0 Å². The fourth-order valence-electron chi connectivity index (χ4n) is 2.50. The highest BCUT2D eigenvalue weighted by molar-refractivity contribution is 7.89. The molecule has 0 unspecified atom stereocenters. The molecule has 0 aliphatic carbocycles. The molecule has 0 fully saturated rings. The van der Waals surface area contributed by atoms with Crippen molar-refractivity contribution < 1.29 is 17.6 Å². The molecule has 24 heavy (non-hydrogen) atoms. The Morgan fingerprint density at radius 2 is 1.96 bits per heavy atom. The summed E-state index contributed by atoms with van der Waals surface area (Å²) in [4.78, 5) is 4.46. The molecule has 0 bridgehead atoms. The molecular weight excluding hydrogens is 328 g/mol. The van der Waals surface area contributed by atoms with Gasteiger partial charge in [0.25, 0.3) is 0 Å². The molecule has 3 aromatic rings. The van der Waals surface area contributed by atoms with Gasteiger partial charge in [-0.15, -0.1) is 0 Å². The zero-order chi connectivity index (χ0) is 17.3. The summed E-state index contributed by atoms with van der Waals surface area (Å²) >= 11 is 0. The van der Waals surface area contributed by atoms with Gasteiger partial charge in [-0.05, 0) is 48.4 Å². The van der Waals surface area contributed by atoms with Gasteiger partial charge < -0.3 is 9.15 Å². The first-order valence-electron chi connectivity index (χ1n) is 7.39. The van der Waals surface area contributed by atoms with Crippen molar-refractivity contribution in [2.24, 2.45) is 0 Å². The summed E-state index contributed by atoms with van der Waals surface area (Å²) in [5.74, 6) is 1.20. The molecule has 0 aliphatic rings. The van der Waals surface area contributed by atoms with Gasteiger partial charge in [-0.25, -0.2) is 18.1 Å². The topological polar surface area (TPSA) is 81.4 Å². The number of nitrogens with zero attached hydrogens (tertiary/aromatic N) is 1. The second-order valence-electron chi connectivity index (χ2n) is 5.49. The van der Waals surface area contributed by atoms with Crippen molar-refractivity contribution in [3.05, 3.63) is 53.4 Å². The van der Waals surface area contributed by atoms with E-state index in [0.717, 1.165) is 11.1 Å². The molecule has 1 heterocycles. The van der Waals surface area contributed by atoms with E-state index in [-0.39, 0.29) is 11.4 Å². The zero-order valence-corrected chi connectivity index (χ0v) is 14.5. The number of hydrogen-bond acceptors (Lipinski definition) is 5. The fourth-order valence-corrected chi connectivity index (χ4v) is 3.74. The normalized spacial score (nSPS) is 11.8. The molecule has 0 saturated carbocycles. The predicted molar refractivity (Wildman–Crippen MR) is 90.5 cm³/mol. The minimum Gasteiger partial charge on any atom is -0.497 e. The number of benzene rings is 2. The van der Waals surface area contributed by atoms with Crippen LogP contribution in [0.1, 0.15) is 17.0 Å². The molecule has 0 atom stereocenters. The highest BCUT2D eigenvalue weighted by Crippen LogP contribution is 2.21. The molecule has 6 nitrogen and oxygen atoms in total. The van der Waals surface area contributed by atoms with Gasteiger partial charge in [0, 0.05) is 13.5 Å². The van der Waals surface area contributed by atoms with Crippen LogP contribution < -0.4 is 9.46 Å². The average molecular weight is 346 g/mol. The maximum Gasteiger partial charge on any atom is 0.241 e. The summed E-state index contributed by atoms with van der Waals surface area (Å²) in [5, 5.41) is 0. The molecule has 0 saturated heterocycles. The molecule has 7 heteroatoms. The number of nitrogens with one attached hydrogen (secondary N) is 1. The van der Waals surface area contributed by atoms with Crippen molar-refractivity contribution in [2.75, 3.05) is 7.11 Å². The van der Waals surface area contributed by atoms with E-state index in [4.69, 9.17) is 9.15 Å². The van der Waals surface area contributed by atoms with Crippen molar-refractivity contribution in [1.82, 2.24) is 9.71 Å². The van der Waals surface area contributed by atoms with Crippen LogP contribution in [-0.2, 0) is 16.6 Å². The van der Waals surface area contributed by atoms with Gasteiger partial charge in [0.15, 0.2) is 11.5 Å². The maximum atomic E-state index is 12.5. The Hall–Kier alpha value is -2.38. The molecule has 126 valence electrons. The van der Waals surface area contributed by atoms with E-state index in [1.807, 2.05) is 12.1 Å². The van der Waals surface area contributed by atoms with Crippen LogP contribution in [-0.4, -0.2) is 20.5 Å². The van der Waals surface area contributed by atoms with Gasteiger partial charge in [-0.1, -0.05) is 6.07 Å². The number of sulfonamides is 1. The highest BCUT2D eigenvalue weighted by atomic mass is 32.2. The van der Waals surface area contributed by atoms with Crippen molar-refractivity contribution in [3.8, 4) is 5.75 Å². The summed E-state index contributed by atoms with van der Waals surface area (Å²) in [6, 6.07) is 10.3. The van der Waals surface area contributed by atoms with Crippen molar-refractivity contribution >= 4 is 21.1 Å². The fraction of sp³-hybridized carbons (Fsp3) is 0.235. The lowest BCUT2D eigenvalue weighted by atomic mass is 10.2. The van der Waals surface area contributed by atoms with E-state index >= 15 is 0 Å². The number of hydrogen-bond donors (Lipinski definition) is 1. The first kappa shape index (κ1) is 16.5.